The van der Waals surface area contributed by atoms with E-state index in [0.717, 1.165) is 44.9 Å². The highest BCUT2D eigenvalue weighted by Gasteiger charge is 2.65. The van der Waals surface area contributed by atoms with Crippen molar-refractivity contribution in [2.24, 2.45) is 39.9 Å². The minimum atomic E-state index is -0.580. The van der Waals surface area contributed by atoms with Crippen LogP contribution in [0.5, 0.6) is 0 Å². The van der Waals surface area contributed by atoms with E-state index in [0.29, 0.717) is 30.8 Å². The number of hydrogen-bond donors (Lipinski definition) is 1. The number of ether oxygens (including phenoxy) is 3. The van der Waals surface area contributed by atoms with E-state index in [-0.39, 0.29) is 46.9 Å². The van der Waals surface area contributed by atoms with Crippen molar-refractivity contribution in [1.82, 2.24) is 0 Å². The topological polar surface area (TPSA) is 99.1 Å². The van der Waals surface area contributed by atoms with Crippen molar-refractivity contribution in [3.8, 4) is 0 Å². The van der Waals surface area contributed by atoms with Gasteiger partial charge in [-0.25, -0.2) is 0 Å². The van der Waals surface area contributed by atoms with Gasteiger partial charge in [0.05, 0.1) is 18.1 Å². The molecule has 0 unspecified atom stereocenters. The van der Waals surface area contributed by atoms with Crippen LogP contribution in [-0.4, -0.2) is 47.9 Å². The Kier molecular flexibility index (Phi) is 7.06. The van der Waals surface area contributed by atoms with Gasteiger partial charge in [-0.1, -0.05) is 6.92 Å². The molecular weight excluding hydrogens is 448 g/mol. The summed E-state index contributed by atoms with van der Waals surface area (Å²) in [5.74, 6) is 0.270. The van der Waals surface area contributed by atoms with Gasteiger partial charge in [0, 0.05) is 31.1 Å². The third-order valence-corrected chi connectivity index (χ3v) is 9.96. The maximum atomic E-state index is 12.7. The average Bonchev–Trinajstić information content (AvgIpc) is 3.01. The number of carbonyl (C=O) groups excluding carboxylic acids is 3. The van der Waals surface area contributed by atoms with Crippen molar-refractivity contribution < 1.29 is 33.7 Å². The number of aliphatic hydroxyl groups excluding tert-OH is 1. The fourth-order valence-corrected chi connectivity index (χ4v) is 8.37. The molecule has 0 bridgehead atoms. The number of hydrogen-bond acceptors (Lipinski definition) is 7. The molecule has 0 heterocycles. The van der Waals surface area contributed by atoms with Crippen molar-refractivity contribution in [1.29, 1.82) is 0 Å². The Labute approximate surface area is 209 Å². The summed E-state index contributed by atoms with van der Waals surface area (Å²) in [6.07, 6.45) is 5.84. The molecular formula is C28H44O7. The molecule has 4 fully saturated rings. The monoisotopic (exact) mass is 492 g/mol. The quantitative estimate of drug-likeness (QED) is 0.458. The van der Waals surface area contributed by atoms with E-state index in [2.05, 4.69) is 6.92 Å². The number of aliphatic hydroxyl groups is 1. The lowest BCUT2D eigenvalue weighted by Gasteiger charge is -2.61. The predicted octanol–water partition coefficient (Wildman–Crippen LogP) is 4.43. The first-order chi connectivity index (χ1) is 16.3. The zero-order valence-corrected chi connectivity index (χ0v) is 22.3. The van der Waals surface area contributed by atoms with Crippen LogP contribution in [0.1, 0.15) is 92.9 Å². The fourth-order valence-electron chi connectivity index (χ4n) is 8.37. The van der Waals surface area contributed by atoms with Crippen molar-refractivity contribution in [2.75, 3.05) is 6.61 Å². The Morgan fingerprint density at radius 3 is 2.29 bits per heavy atom. The molecule has 0 spiro atoms. The van der Waals surface area contributed by atoms with Gasteiger partial charge in [-0.2, -0.15) is 0 Å². The second-order valence-corrected chi connectivity index (χ2v) is 13.1. The van der Waals surface area contributed by atoms with Crippen molar-refractivity contribution in [3.05, 3.63) is 0 Å². The zero-order valence-electron chi connectivity index (χ0n) is 22.3. The van der Waals surface area contributed by atoms with E-state index < -0.39 is 11.5 Å². The van der Waals surface area contributed by atoms with E-state index in [1.54, 1.807) is 0 Å². The summed E-state index contributed by atoms with van der Waals surface area (Å²) >= 11 is 0. The predicted molar refractivity (Wildman–Crippen MR) is 129 cm³/mol. The van der Waals surface area contributed by atoms with Crippen LogP contribution in [0.25, 0.3) is 0 Å². The van der Waals surface area contributed by atoms with Gasteiger partial charge in [-0.05, 0) is 89.4 Å². The van der Waals surface area contributed by atoms with Gasteiger partial charge >= 0.3 is 17.9 Å². The zero-order chi connectivity index (χ0) is 25.8. The SMILES string of the molecule is CC(=O)OC[C@]12CC[C@H](OC(C)=O)C[C@@H]1CC[C@H]1[C@@H]3[C@@H](O)C[C@H](OC(=O)C(C)(C)C)[C@@]3(C)CC[C@@H]12. The highest BCUT2D eigenvalue weighted by Crippen LogP contribution is 2.67. The molecule has 4 aliphatic rings. The molecule has 4 rings (SSSR count). The molecule has 0 saturated heterocycles. The molecule has 0 aromatic carbocycles. The highest BCUT2D eigenvalue weighted by molar-refractivity contribution is 5.75. The Hall–Kier alpha value is -1.63. The molecule has 0 aliphatic heterocycles. The van der Waals surface area contributed by atoms with Crippen LogP contribution in [0.4, 0.5) is 0 Å². The van der Waals surface area contributed by atoms with Crippen molar-refractivity contribution in [2.45, 2.75) is 111 Å². The van der Waals surface area contributed by atoms with Gasteiger partial charge in [-0.3, -0.25) is 14.4 Å². The minimum absolute atomic E-state index is 0.0559. The largest absolute Gasteiger partial charge is 0.465 e. The van der Waals surface area contributed by atoms with Gasteiger partial charge in [0.2, 0.25) is 0 Å². The molecule has 198 valence electrons. The lowest BCUT2D eigenvalue weighted by atomic mass is 9.44. The number of fused-ring (bicyclic) bond motifs is 5. The first-order valence-electron chi connectivity index (χ1n) is 13.5. The van der Waals surface area contributed by atoms with Crippen LogP contribution in [0, 0.1) is 39.9 Å². The highest BCUT2D eigenvalue weighted by atomic mass is 16.6. The Morgan fingerprint density at radius 1 is 0.943 bits per heavy atom. The lowest BCUT2D eigenvalue weighted by Crippen LogP contribution is -2.58. The van der Waals surface area contributed by atoms with E-state index in [4.69, 9.17) is 14.2 Å². The van der Waals surface area contributed by atoms with Crippen molar-refractivity contribution in [3.63, 3.8) is 0 Å². The van der Waals surface area contributed by atoms with Crippen LogP contribution in [-0.2, 0) is 28.6 Å². The second-order valence-electron chi connectivity index (χ2n) is 13.1. The van der Waals surface area contributed by atoms with Crippen LogP contribution >= 0.6 is 0 Å². The summed E-state index contributed by atoms with van der Waals surface area (Å²) in [6.45, 7) is 11.1. The number of esters is 3. The van der Waals surface area contributed by atoms with E-state index in [1.165, 1.54) is 13.8 Å². The van der Waals surface area contributed by atoms with Gasteiger partial charge in [0.25, 0.3) is 0 Å². The molecule has 9 atom stereocenters. The average molecular weight is 493 g/mol. The Morgan fingerprint density at radius 2 is 1.66 bits per heavy atom. The first-order valence-corrected chi connectivity index (χ1v) is 13.5. The summed E-state index contributed by atoms with van der Waals surface area (Å²) < 4.78 is 17.3. The summed E-state index contributed by atoms with van der Waals surface area (Å²) in [5, 5.41) is 11.3. The van der Waals surface area contributed by atoms with Gasteiger partial charge in [-0.15, -0.1) is 0 Å². The normalized spacial score (nSPS) is 42.8. The van der Waals surface area contributed by atoms with Gasteiger partial charge in [0.1, 0.15) is 12.2 Å². The smallest absolute Gasteiger partial charge is 0.311 e. The van der Waals surface area contributed by atoms with Crippen molar-refractivity contribution >= 4 is 17.9 Å². The molecule has 0 aromatic rings. The molecule has 7 nitrogen and oxygen atoms in total. The van der Waals surface area contributed by atoms with Gasteiger partial charge in [0.15, 0.2) is 0 Å². The summed E-state index contributed by atoms with van der Waals surface area (Å²) in [4.78, 5) is 36.2. The second kappa shape index (κ2) is 9.35. The van der Waals surface area contributed by atoms with Crippen LogP contribution < -0.4 is 0 Å². The molecule has 0 amide bonds. The van der Waals surface area contributed by atoms with Crippen LogP contribution in [0.3, 0.4) is 0 Å². The number of rotatable bonds is 4. The maximum absolute atomic E-state index is 12.7. The Bertz CT molecular complexity index is 847. The summed E-state index contributed by atoms with van der Waals surface area (Å²) in [5.41, 5.74) is -0.998. The molecule has 0 radical (unpaired) electrons. The van der Waals surface area contributed by atoms with E-state index >= 15 is 0 Å². The minimum Gasteiger partial charge on any atom is -0.465 e. The standard InChI is InChI=1S/C28H44O7/c1-16(29)33-15-28-12-9-19(34-17(2)30)13-18(28)7-8-20-21(28)10-11-27(6)23(14-22(31)24(20)27)35-25(32)26(3,4)5/h18-24,31H,7-15H2,1-6H3/t18-,19-,20+,21-,22-,23-,24+,27+,28+/m0/s1. The third-order valence-electron chi connectivity index (χ3n) is 9.96. The maximum Gasteiger partial charge on any atom is 0.311 e. The fraction of sp³-hybridized carbons (Fsp3) is 0.893. The third kappa shape index (κ3) is 4.74. The van der Waals surface area contributed by atoms with Crippen LogP contribution in [0.2, 0.25) is 0 Å². The molecule has 7 heteroatoms. The molecule has 35 heavy (non-hydrogen) atoms. The first kappa shape index (κ1) is 26.4. The number of carbonyl (C=O) groups is 3. The van der Waals surface area contributed by atoms with Gasteiger partial charge < -0.3 is 19.3 Å². The van der Waals surface area contributed by atoms with Crippen LogP contribution in [0.15, 0.2) is 0 Å². The summed E-state index contributed by atoms with van der Waals surface area (Å²) in [6, 6.07) is 0. The summed E-state index contributed by atoms with van der Waals surface area (Å²) in [7, 11) is 0. The molecule has 4 aliphatic carbocycles. The Balaban J connectivity index is 1.60. The molecule has 1 N–H and O–H groups in total. The van der Waals surface area contributed by atoms with E-state index in [1.807, 2.05) is 20.8 Å². The molecule has 4 saturated carbocycles. The molecule has 0 aromatic heterocycles. The van der Waals surface area contributed by atoms with E-state index in [9.17, 15) is 19.5 Å². The lowest BCUT2D eigenvalue weighted by molar-refractivity contribution is -0.191.